The topological polar surface area (TPSA) is 24.5 Å². The molecule has 2 rings (SSSR count). The van der Waals surface area contributed by atoms with Crippen molar-refractivity contribution in [1.29, 1.82) is 0 Å². The lowest BCUT2D eigenvalue weighted by Crippen LogP contribution is -2.41. The van der Waals surface area contributed by atoms with Gasteiger partial charge in [-0.2, -0.15) is 0 Å². The minimum absolute atomic E-state index is 0.0337. The lowest BCUT2D eigenvalue weighted by molar-refractivity contribution is 0.0926. The molecule has 0 aromatic heterocycles. The summed E-state index contributed by atoms with van der Waals surface area (Å²) in [6.45, 7) is 19.3. The Morgan fingerprint density at radius 3 is 2.81 bits per heavy atom. The van der Waals surface area contributed by atoms with Crippen LogP contribution in [0.25, 0.3) is 0 Å². The number of hydrogen-bond donors (Lipinski definition) is 1. The van der Waals surface area contributed by atoms with Crippen molar-refractivity contribution in [2.75, 3.05) is 19.8 Å². The van der Waals surface area contributed by atoms with Crippen molar-refractivity contribution in [3.8, 4) is 0 Å². The third-order valence-electron chi connectivity index (χ3n) is 6.67. The second-order valence-electron chi connectivity index (χ2n) is 10.3. The number of allylic oxidation sites excluding steroid dienone is 12. The Morgan fingerprint density at radius 1 is 1.28 bits per heavy atom. The molecule has 0 amide bonds. The van der Waals surface area contributed by atoms with E-state index in [4.69, 9.17) is 16.3 Å². The van der Waals surface area contributed by atoms with Gasteiger partial charge in [0.15, 0.2) is 0 Å². The standard InChI is InChI=1S/C32H47ClN2O/c1-7-10-15-29(16-11-8-2)34-25-35-23-32(6,21-12-14-27(5)22-28(33)13-9-3)24-36-31-20-18-26(4)17-19-30(31)35/h7,9,13,16-18,20,22,34H,1,5,8,10-12,14-15,19,21,23-25H2,2-4,6H3/b13-9-,28-22+,29-16-. The summed E-state index contributed by atoms with van der Waals surface area (Å²) >= 11 is 6.24. The number of rotatable bonds is 14. The van der Waals surface area contributed by atoms with Crippen LogP contribution in [0.3, 0.4) is 0 Å². The van der Waals surface area contributed by atoms with E-state index in [2.05, 4.69) is 68.4 Å². The van der Waals surface area contributed by atoms with E-state index < -0.39 is 0 Å². The van der Waals surface area contributed by atoms with E-state index >= 15 is 0 Å². The first-order valence-corrected chi connectivity index (χ1v) is 13.8. The molecule has 1 heterocycles. The maximum atomic E-state index is 6.47. The van der Waals surface area contributed by atoms with Crippen LogP contribution in [0.15, 0.2) is 95.1 Å². The molecule has 1 aliphatic heterocycles. The lowest BCUT2D eigenvalue weighted by atomic mass is 9.84. The molecule has 1 N–H and O–H groups in total. The summed E-state index contributed by atoms with van der Waals surface area (Å²) in [7, 11) is 0. The second kappa shape index (κ2) is 15.7. The molecule has 1 unspecified atom stereocenters. The maximum absolute atomic E-state index is 6.47. The zero-order chi connectivity index (χ0) is 26.4. The van der Waals surface area contributed by atoms with Crippen LogP contribution in [0.5, 0.6) is 0 Å². The monoisotopic (exact) mass is 510 g/mol. The summed E-state index contributed by atoms with van der Waals surface area (Å²) in [5.41, 5.74) is 4.96. The average Bonchev–Trinajstić information content (AvgIpc) is 3.10. The van der Waals surface area contributed by atoms with Crippen LogP contribution in [-0.2, 0) is 4.74 Å². The maximum Gasteiger partial charge on any atom is 0.138 e. The SMILES string of the molecule is C=CCC/C(=C/CCC)NCN1CC(C)(CCCC(=C)/C=C(Cl)\C=C/C)COC2=C1CC=C(C)C=C2. The van der Waals surface area contributed by atoms with Crippen LogP contribution >= 0.6 is 11.6 Å². The van der Waals surface area contributed by atoms with E-state index in [1.165, 1.54) is 17.0 Å². The van der Waals surface area contributed by atoms with Crippen molar-refractivity contribution in [3.05, 3.63) is 95.1 Å². The Kier molecular flexibility index (Phi) is 13.0. The Balaban J connectivity index is 2.15. The molecule has 2 aliphatic rings. The predicted octanol–water partition coefficient (Wildman–Crippen LogP) is 9.07. The van der Waals surface area contributed by atoms with Crippen molar-refractivity contribution in [1.82, 2.24) is 10.2 Å². The third-order valence-corrected chi connectivity index (χ3v) is 6.91. The zero-order valence-corrected chi connectivity index (χ0v) is 23.8. The van der Waals surface area contributed by atoms with Crippen molar-refractivity contribution in [2.45, 2.75) is 79.1 Å². The fraction of sp³-hybridized carbons (Fsp3) is 0.500. The van der Waals surface area contributed by atoms with E-state index in [-0.39, 0.29) is 5.41 Å². The molecule has 36 heavy (non-hydrogen) atoms. The molecule has 198 valence electrons. The van der Waals surface area contributed by atoms with Gasteiger partial charge in [0.05, 0.1) is 19.0 Å². The summed E-state index contributed by atoms with van der Waals surface area (Å²) in [5.74, 6) is 1.00. The molecular weight excluding hydrogens is 464 g/mol. The fourth-order valence-electron chi connectivity index (χ4n) is 4.55. The number of nitrogens with zero attached hydrogens (tertiary/aromatic N) is 1. The van der Waals surface area contributed by atoms with Gasteiger partial charge in [0, 0.05) is 29.1 Å². The Morgan fingerprint density at radius 2 is 2.08 bits per heavy atom. The minimum atomic E-state index is 0.0337. The molecule has 0 saturated heterocycles. The van der Waals surface area contributed by atoms with Gasteiger partial charge in [0.1, 0.15) is 5.76 Å². The largest absolute Gasteiger partial charge is 0.491 e. The Hall–Kier alpha value is -2.39. The zero-order valence-electron chi connectivity index (χ0n) is 23.0. The number of halogens is 1. The van der Waals surface area contributed by atoms with E-state index in [9.17, 15) is 0 Å². The molecule has 0 aromatic rings. The first-order chi connectivity index (χ1) is 17.3. The van der Waals surface area contributed by atoms with Crippen molar-refractivity contribution < 1.29 is 4.74 Å². The normalized spacial score (nSPS) is 21.0. The molecule has 1 atom stereocenters. The van der Waals surface area contributed by atoms with Crippen LogP contribution in [0.4, 0.5) is 0 Å². The van der Waals surface area contributed by atoms with E-state index in [0.29, 0.717) is 6.61 Å². The molecule has 0 fully saturated rings. The smallest absolute Gasteiger partial charge is 0.138 e. The highest BCUT2D eigenvalue weighted by Gasteiger charge is 2.33. The van der Waals surface area contributed by atoms with Crippen molar-refractivity contribution in [3.63, 3.8) is 0 Å². The number of ether oxygens (including phenoxy) is 1. The van der Waals surface area contributed by atoms with Crippen LogP contribution < -0.4 is 5.32 Å². The summed E-state index contributed by atoms with van der Waals surface area (Å²) < 4.78 is 6.47. The molecule has 4 heteroatoms. The number of nitrogens with one attached hydrogen (secondary N) is 1. The second-order valence-corrected chi connectivity index (χ2v) is 10.8. The molecule has 0 spiro atoms. The minimum Gasteiger partial charge on any atom is -0.491 e. The molecular formula is C32H47ClN2O. The van der Waals surface area contributed by atoms with Crippen LogP contribution in [0.1, 0.15) is 79.1 Å². The van der Waals surface area contributed by atoms with Crippen LogP contribution in [0.2, 0.25) is 0 Å². The lowest BCUT2D eigenvalue weighted by Gasteiger charge is -2.35. The number of unbranched alkanes of at least 4 members (excludes halogenated alkanes) is 1. The third kappa shape index (κ3) is 10.3. The van der Waals surface area contributed by atoms with E-state index in [1.807, 2.05) is 31.2 Å². The highest BCUT2D eigenvalue weighted by atomic mass is 35.5. The molecule has 0 aromatic carbocycles. The summed E-state index contributed by atoms with van der Waals surface area (Å²) in [4.78, 5) is 2.51. The highest BCUT2D eigenvalue weighted by molar-refractivity contribution is 6.31. The summed E-state index contributed by atoms with van der Waals surface area (Å²) in [6, 6.07) is 0. The van der Waals surface area contributed by atoms with E-state index in [1.54, 1.807) is 0 Å². The van der Waals surface area contributed by atoms with Gasteiger partial charge < -0.3 is 15.0 Å². The molecule has 0 radical (unpaired) electrons. The van der Waals surface area contributed by atoms with Gasteiger partial charge in [-0.15, -0.1) is 6.58 Å². The summed E-state index contributed by atoms with van der Waals surface area (Å²) in [5, 5.41) is 4.49. The fourth-order valence-corrected chi connectivity index (χ4v) is 4.84. The quantitative estimate of drug-likeness (QED) is 0.186. The van der Waals surface area contributed by atoms with Gasteiger partial charge in [0.25, 0.3) is 0 Å². The molecule has 0 saturated carbocycles. The van der Waals surface area contributed by atoms with Gasteiger partial charge in [-0.05, 0) is 70.6 Å². The van der Waals surface area contributed by atoms with Gasteiger partial charge in [-0.25, -0.2) is 0 Å². The first kappa shape index (κ1) is 29.8. The Labute approximate surface area is 225 Å². The first-order valence-electron chi connectivity index (χ1n) is 13.5. The Bertz CT molecular complexity index is 934. The van der Waals surface area contributed by atoms with E-state index in [0.717, 1.165) is 80.9 Å². The molecule has 3 nitrogen and oxygen atoms in total. The van der Waals surface area contributed by atoms with Gasteiger partial charge >= 0.3 is 0 Å². The molecule has 0 bridgehead atoms. The van der Waals surface area contributed by atoms with Gasteiger partial charge in [0.2, 0.25) is 0 Å². The molecule has 1 aliphatic carbocycles. The highest BCUT2D eigenvalue weighted by Crippen LogP contribution is 2.35. The predicted molar refractivity (Wildman–Crippen MR) is 157 cm³/mol. The average molecular weight is 511 g/mol. The van der Waals surface area contributed by atoms with Gasteiger partial charge in [-0.3, -0.25) is 0 Å². The summed E-state index contributed by atoms with van der Waals surface area (Å²) in [6.07, 6.45) is 24.9. The van der Waals surface area contributed by atoms with Crippen molar-refractivity contribution in [2.24, 2.45) is 5.41 Å². The van der Waals surface area contributed by atoms with Crippen LogP contribution in [0, 0.1) is 5.41 Å². The number of hydrogen-bond acceptors (Lipinski definition) is 3. The van der Waals surface area contributed by atoms with Gasteiger partial charge in [-0.1, -0.05) is 80.0 Å². The van der Waals surface area contributed by atoms with Crippen molar-refractivity contribution >= 4 is 11.6 Å². The van der Waals surface area contributed by atoms with Crippen LogP contribution in [-0.4, -0.2) is 24.7 Å².